The van der Waals surface area contributed by atoms with Crippen LogP contribution in [0.1, 0.15) is 59.8 Å². The first-order valence-electron chi connectivity index (χ1n) is 6.30. The van der Waals surface area contributed by atoms with Crippen molar-refractivity contribution in [3.8, 4) is 0 Å². The van der Waals surface area contributed by atoms with Gasteiger partial charge in [-0.25, -0.2) is 22.2 Å². The Balaban J connectivity index is 0. The van der Waals surface area contributed by atoms with Crippen LogP contribution in [-0.4, -0.2) is 30.8 Å². The molecule has 0 bridgehead atoms. The Morgan fingerprint density at radius 3 is 1.61 bits per heavy atom. The van der Waals surface area contributed by atoms with Crippen molar-refractivity contribution in [1.82, 2.24) is 19.6 Å². The van der Waals surface area contributed by atoms with E-state index in [1.54, 1.807) is 0 Å². The van der Waals surface area contributed by atoms with Crippen LogP contribution >= 0.6 is 23.2 Å². The summed E-state index contributed by atoms with van der Waals surface area (Å²) in [6.07, 6.45) is -6.04. The summed E-state index contributed by atoms with van der Waals surface area (Å²) in [7, 11) is 2.34. The van der Waals surface area contributed by atoms with Gasteiger partial charge in [0, 0.05) is 14.1 Å². The molecule has 2 heterocycles. The Labute approximate surface area is 166 Å². The molecule has 0 radical (unpaired) electrons. The normalized spacial score (nSPS) is 10.1. The monoisotopic (exact) mass is 456 g/mol. The van der Waals surface area contributed by atoms with Crippen LogP contribution in [0.25, 0.3) is 0 Å². The Morgan fingerprint density at radius 2 is 1.32 bits per heavy atom. The van der Waals surface area contributed by atoms with Gasteiger partial charge in [0.1, 0.15) is 27.7 Å². The number of hydrogen-bond acceptors (Lipinski definition) is 4. The fourth-order valence-corrected chi connectivity index (χ4v) is 2.17. The molecule has 0 aliphatic rings. The molecule has 0 fully saturated rings. The first-order valence-corrected chi connectivity index (χ1v) is 7.06. The molecule has 0 aliphatic heterocycles. The standard InChI is InChI=1S/C6H4Cl2F2N2O.C6H4F4N2O.2CH4/c1-12-4(7)2(5(8)13)3(11-12)6(9)10;1-12-5(9)2(6(10)13)3(11-12)4(7)8;;/h6H,1H3;4H,1H3;2*1H4. The maximum Gasteiger partial charge on any atom is 0.338 e. The maximum absolute atomic E-state index is 12.7. The lowest BCUT2D eigenvalue weighted by molar-refractivity contribution is 0.0816. The second-order valence-corrected chi connectivity index (χ2v) is 5.20. The highest BCUT2D eigenvalue weighted by Crippen LogP contribution is 2.28. The van der Waals surface area contributed by atoms with Crippen molar-refractivity contribution >= 4 is 34.5 Å². The van der Waals surface area contributed by atoms with Crippen molar-refractivity contribution < 1.29 is 35.9 Å². The lowest BCUT2D eigenvalue weighted by Gasteiger charge is -1.94. The lowest BCUT2D eigenvalue weighted by Crippen LogP contribution is -1.99. The van der Waals surface area contributed by atoms with E-state index in [1.165, 1.54) is 7.05 Å². The van der Waals surface area contributed by atoms with Gasteiger partial charge in [0.15, 0.2) is 0 Å². The molecular formula is C14H16Cl2F6N4O2. The molecule has 2 aromatic rings. The molecule has 0 aliphatic carbocycles. The third-order valence-electron chi connectivity index (χ3n) is 2.82. The zero-order chi connectivity index (χ0) is 20.3. The average molecular weight is 457 g/mol. The molecular weight excluding hydrogens is 441 g/mol. The molecule has 0 N–H and O–H groups in total. The quantitative estimate of drug-likeness (QED) is 0.464. The Kier molecular flexibility index (Phi) is 11.1. The number of aryl methyl sites for hydroxylation is 2. The molecule has 2 aromatic heterocycles. The van der Waals surface area contributed by atoms with Gasteiger partial charge in [-0.05, 0) is 11.6 Å². The van der Waals surface area contributed by atoms with Crippen LogP contribution in [0.4, 0.5) is 26.3 Å². The van der Waals surface area contributed by atoms with E-state index < -0.39 is 52.6 Å². The van der Waals surface area contributed by atoms with Gasteiger partial charge in [0.05, 0.1) is 0 Å². The molecule has 0 aromatic carbocycles. The number of hydrogen-bond donors (Lipinski definition) is 0. The molecule has 0 spiro atoms. The van der Waals surface area contributed by atoms with E-state index in [1.807, 2.05) is 0 Å². The van der Waals surface area contributed by atoms with Gasteiger partial charge in [-0.15, -0.1) is 0 Å². The van der Waals surface area contributed by atoms with E-state index in [4.69, 9.17) is 23.2 Å². The van der Waals surface area contributed by atoms with Crippen molar-refractivity contribution in [3.63, 3.8) is 0 Å². The fraction of sp³-hybridized carbons (Fsp3) is 0.429. The maximum atomic E-state index is 12.7. The molecule has 0 amide bonds. The second kappa shape index (κ2) is 11.1. The van der Waals surface area contributed by atoms with Gasteiger partial charge in [0.2, 0.25) is 5.95 Å². The minimum atomic E-state index is -3.18. The zero-order valence-corrected chi connectivity index (χ0v) is 14.3. The van der Waals surface area contributed by atoms with Crippen LogP contribution in [0.3, 0.4) is 0 Å². The molecule has 0 atom stereocenters. The molecule has 14 heteroatoms. The summed E-state index contributed by atoms with van der Waals surface area (Å²) >= 11 is 10.6. The van der Waals surface area contributed by atoms with Crippen molar-refractivity contribution in [2.24, 2.45) is 14.1 Å². The number of rotatable bonds is 4. The number of halogens is 8. The van der Waals surface area contributed by atoms with Crippen LogP contribution in [0, 0.1) is 5.95 Å². The third kappa shape index (κ3) is 5.96. The summed E-state index contributed by atoms with van der Waals surface area (Å²) in [6, 6.07) is -2.25. The summed E-state index contributed by atoms with van der Waals surface area (Å²) in [6.45, 7) is 0. The van der Waals surface area contributed by atoms with E-state index in [2.05, 4.69) is 10.2 Å². The van der Waals surface area contributed by atoms with Gasteiger partial charge < -0.3 is 0 Å². The molecule has 0 saturated heterocycles. The van der Waals surface area contributed by atoms with Crippen molar-refractivity contribution in [2.75, 3.05) is 0 Å². The highest BCUT2D eigenvalue weighted by molar-refractivity contribution is 6.68. The van der Waals surface area contributed by atoms with Crippen LogP contribution in [0.15, 0.2) is 0 Å². The SMILES string of the molecule is C.C.Cn1nc(C(F)F)c(C(=O)Cl)c1Cl.Cn1nc(C(F)F)c(C(=O)F)c1F. The van der Waals surface area contributed by atoms with Crippen LogP contribution in [-0.2, 0) is 14.1 Å². The Hall–Kier alpha value is -2.08. The van der Waals surface area contributed by atoms with E-state index in [0.29, 0.717) is 4.68 Å². The molecule has 0 saturated carbocycles. The third-order valence-corrected chi connectivity index (χ3v) is 3.44. The number of alkyl halides is 4. The first-order chi connectivity index (χ1) is 11.9. The summed E-state index contributed by atoms with van der Waals surface area (Å²) in [5.74, 6) is -1.40. The summed E-state index contributed by atoms with van der Waals surface area (Å²) in [5.41, 5.74) is -3.58. The topological polar surface area (TPSA) is 69.8 Å². The number of carbonyl (C=O) groups excluding carboxylic acids is 2. The van der Waals surface area contributed by atoms with Gasteiger partial charge >= 0.3 is 6.04 Å². The average Bonchev–Trinajstić information content (AvgIpc) is 2.98. The molecule has 160 valence electrons. The predicted octanol–water partition coefficient (Wildman–Crippen LogP) is 5.27. The smallest absolute Gasteiger partial charge is 0.275 e. The van der Waals surface area contributed by atoms with E-state index in [9.17, 15) is 35.9 Å². The lowest BCUT2D eigenvalue weighted by atomic mass is 10.2. The van der Waals surface area contributed by atoms with Crippen LogP contribution in [0.2, 0.25) is 5.15 Å². The predicted molar refractivity (Wildman–Crippen MR) is 90.4 cm³/mol. The molecule has 28 heavy (non-hydrogen) atoms. The largest absolute Gasteiger partial charge is 0.338 e. The van der Waals surface area contributed by atoms with Crippen molar-refractivity contribution in [1.29, 1.82) is 0 Å². The first kappa shape index (κ1) is 28.1. The summed E-state index contributed by atoms with van der Waals surface area (Å²) in [5, 5.41) is 5.10. The Bertz CT molecular complexity index is 770. The van der Waals surface area contributed by atoms with Gasteiger partial charge in [-0.3, -0.25) is 14.3 Å². The summed E-state index contributed by atoms with van der Waals surface area (Å²) < 4.78 is 74.7. The minimum absolute atomic E-state index is 0. The molecule has 6 nitrogen and oxygen atoms in total. The fourth-order valence-electron chi connectivity index (χ4n) is 1.72. The molecule has 2 rings (SSSR count). The number of aromatic nitrogens is 4. The Morgan fingerprint density at radius 1 is 0.929 bits per heavy atom. The van der Waals surface area contributed by atoms with Gasteiger partial charge in [-0.1, -0.05) is 26.5 Å². The van der Waals surface area contributed by atoms with Crippen molar-refractivity contribution in [2.45, 2.75) is 27.7 Å². The van der Waals surface area contributed by atoms with Crippen LogP contribution < -0.4 is 0 Å². The van der Waals surface area contributed by atoms with E-state index >= 15 is 0 Å². The highest BCUT2D eigenvalue weighted by Gasteiger charge is 2.28. The zero-order valence-electron chi connectivity index (χ0n) is 12.8. The van der Waals surface area contributed by atoms with E-state index in [-0.39, 0.29) is 20.0 Å². The highest BCUT2D eigenvalue weighted by atomic mass is 35.5. The van der Waals surface area contributed by atoms with Crippen molar-refractivity contribution in [3.05, 3.63) is 33.6 Å². The number of nitrogens with zero attached hydrogens (tertiary/aromatic N) is 4. The van der Waals surface area contributed by atoms with E-state index in [0.717, 1.165) is 11.7 Å². The number of carbonyl (C=O) groups is 2. The minimum Gasteiger partial charge on any atom is -0.275 e. The molecule has 0 unspecified atom stereocenters. The van der Waals surface area contributed by atoms with Gasteiger partial charge in [0.25, 0.3) is 18.1 Å². The summed E-state index contributed by atoms with van der Waals surface area (Å²) in [4.78, 5) is 20.8. The van der Waals surface area contributed by atoms with Gasteiger partial charge in [-0.2, -0.15) is 19.0 Å². The van der Waals surface area contributed by atoms with Crippen LogP contribution in [0.5, 0.6) is 0 Å². The second-order valence-electron chi connectivity index (χ2n) is 4.50.